The van der Waals surface area contributed by atoms with E-state index < -0.39 is 14.8 Å². The van der Waals surface area contributed by atoms with Crippen LogP contribution in [0.3, 0.4) is 0 Å². The van der Waals surface area contributed by atoms with Gasteiger partial charge in [0.05, 0.1) is 24.9 Å². The average Bonchev–Trinajstić information content (AvgIpc) is 2.60. The monoisotopic (exact) mass is 363 g/mol. The van der Waals surface area contributed by atoms with Crippen LogP contribution in [-0.4, -0.2) is 27.6 Å². The highest BCUT2D eigenvalue weighted by Crippen LogP contribution is 2.28. The zero-order chi connectivity index (χ0) is 18.4. The third kappa shape index (κ3) is 5.05. The molecule has 0 aliphatic carbocycles. The Hall–Kier alpha value is -2.87. The molecule has 0 heterocycles. The first-order chi connectivity index (χ1) is 11.8. The molecule has 0 bridgehead atoms. The summed E-state index contributed by atoms with van der Waals surface area (Å²) < 4.78 is 34.4. The Kier molecular flexibility index (Phi) is 5.76. The van der Waals surface area contributed by atoms with Gasteiger partial charge in [0, 0.05) is 11.5 Å². The maximum atomic E-state index is 12.2. The fourth-order valence-electron chi connectivity index (χ4n) is 2.15. The van der Waals surface area contributed by atoms with Gasteiger partial charge in [-0.05, 0) is 35.4 Å². The summed E-state index contributed by atoms with van der Waals surface area (Å²) in [7, 11) is -0.725. The van der Waals surface area contributed by atoms with E-state index in [0.29, 0.717) is 16.9 Å². The van der Waals surface area contributed by atoms with Crippen LogP contribution in [0.5, 0.6) is 11.5 Å². The van der Waals surface area contributed by atoms with Gasteiger partial charge in [0.15, 0.2) is 15.6 Å². The van der Waals surface area contributed by atoms with Gasteiger partial charge < -0.3 is 9.47 Å². The van der Waals surface area contributed by atoms with Gasteiger partial charge in [0.2, 0.25) is 0 Å². The third-order valence-electron chi connectivity index (χ3n) is 3.39. The molecule has 0 fully saturated rings. The summed E-state index contributed by atoms with van der Waals surface area (Å²) in [5.41, 5.74) is 0.742. The number of nitro benzene ring substituents is 1. The van der Waals surface area contributed by atoms with Gasteiger partial charge in [0.25, 0.3) is 0 Å². The van der Waals surface area contributed by atoms with Crippen molar-refractivity contribution in [3.8, 4) is 11.5 Å². The number of sulfone groups is 1. The Bertz CT molecular complexity index is 888. The molecule has 0 radical (unpaired) electrons. The van der Waals surface area contributed by atoms with Crippen molar-refractivity contribution in [1.29, 1.82) is 0 Å². The fourth-order valence-corrected chi connectivity index (χ4v) is 3.25. The molecule has 25 heavy (non-hydrogen) atoms. The number of nitrogens with zero attached hydrogens (tertiary/aromatic N) is 1. The first-order valence-electron chi connectivity index (χ1n) is 7.21. The molecule has 7 nitrogen and oxygen atoms in total. The van der Waals surface area contributed by atoms with Crippen LogP contribution in [0.15, 0.2) is 47.9 Å². The smallest absolute Gasteiger partial charge is 0.311 e. The second-order valence-electron chi connectivity index (χ2n) is 5.15. The zero-order valence-electron chi connectivity index (χ0n) is 13.7. The summed E-state index contributed by atoms with van der Waals surface area (Å²) in [5.74, 6) is 0.412. The molecule has 0 saturated carbocycles. The second kappa shape index (κ2) is 7.80. The van der Waals surface area contributed by atoms with Gasteiger partial charge in [-0.1, -0.05) is 18.2 Å². The SMILES string of the molecule is COc1ccc(/C=C/S(=O)(=O)Cc2ccc(OC)c([N+](=O)[O-])c2)cc1. The molecule has 0 amide bonds. The van der Waals surface area contributed by atoms with Crippen LogP contribution < -0.4 is 9.47 Å². The Morgan fingerprint density at radius 1 is 1.08 bits per heavy atom. The largest absolute Gasteiger partial charge is 0.497 e. The van der Waals surface area contributed by atoms with Crippen molar-refractivity contribution in [1.82, 2.24) is 0 Å². The molecule has 2 aromatic carbocycles. The molecule has 0 aliphatic rings. The molecule has 8 heteroatoms. The summed E-state index contributed by atoms with van der Waals surface area (Å²) in [6.45, 7) is 0. The lowest BCUT2D eigenvalue weighted by Crippen LogP contribution is -2.02. The van der Waals surface area contributed by atoms with E-state index in [4.69, 9.17) is 9.47 Å². The summed E-state index contributed by atoms with van der Waals surface area (Å²) in [6.07, 6.45) is 1.46. The van der Waals surface area contributed by atoms with Crippen molar-refractivity contribution in [2.24, 2.45) is 0 Å². The van der Waals surface area contributed by atoms with Crippen molar-refractivity contribution in [3.05, 3.63) is 69.1 Å². The minimum atomic E-state index is -3.59. The number of ether oxygens (including phenoxy) is 2. The van der Waals surface area contributed by atoms with Crippen molar-refractivity contribution >= 4 is 21.6 Å². The fraction of sp³-hybridized carbons (Fsp3) is 0.176. The van der Waals surface area contributed by atoms with Crippen molar-refractivity contribution in [2.75, 3.05) is 14.2 Å². The predicted molar refractivity (Wildman–Crippen MR) is 94.3 cm³/mol. The van der Waals surface area contributed by atoms with E-state index in [2.05, 4.69) is 0 Å². The van der Waals surface area contributed by atoms with E-state index in [1.165, 1.54) is 31.4 Å². The Balaban J connectivity index is 2.18. The summed E-state index contributed by atoms with van der Waals surface area (Å²) in [5, 5.41) is 12.1. The Morgan fingerprint density at radius 2 is 1.76 bits per heavy atom. The normalized spacial score (nSPS) is 11.4. The highest BCUT2D eigenvalue weighted by Gasteiger charge is 2.17. The van der Waals surface area contributed by atoms with Crippen LogP contribution in [0.4, 0.5) is 5.69 Å². The summed E-state index contributed by atoms with van der Waals surface area (Å²) in [6, 6.07) is 11.0. The predicted octanol–water partition coefficient (Wildman–Crippen LogP) is 3.20. The minimum absolute atomic E-state index is 0.0833. The highest BCUT2D eigenvalue weighted by atomic mass is 32.2. The van der Waals surface area contributed by atoms with Crippen LogP contribution in [-0.2, 0) is 15.6 Å². The number of benzene rings is 2. The molecule has 0 atom stereocenters. The number of nitro groups is 1. The maximum Gasteiger partial charge on any atom is 0.311 e. The van der Waals surface area contributed by atoms with Crippen molar-refractivity contribution in [2.45, 2.75) is 5.75 Å². The van der Waals surface area contributed by atoms with Crippen molar-refractivity contribution in [3.63, 3.8) is 0 Å². The lowest BCUT2D eigenvalue weighted by atomic mass is 10.2. The van der Waals surface area contributed by atoms with Crippen LogP contribution in [0.2, 0.25) is 0 Å². The van der Waals surface area contributed by atoms with Crippen molar-refractivity contribution < 1.29 is 22.8 Å². The van der Waals surface area contributed by atoms with Crippen LogP contribution >= 0.6 is 0 Å². The molecule has 132 valence electrons. The van der Waals surface area contributed by atoms with E-state index in [1.54, 1.807) is 31.4 Å². The molecule has 0 saturated heterocycles. The Labute approximate surface area is 145 Å². The van der Waals surface area contributed by atoms with Gasteiger partial charge in [0.1, 0.15) is 5.75 Å². The highest BCUT2D eigenvalue weighted by molar-refractivity contribution is 7.93. The van der Waals surface area contributed by atoms with E-state index in [9.17, 15) is 18.5 Å². The van der Waals surface area contributed by atoms with E-state index in [-0.39, 0.29) is 17.2 Å². The van der Waals surface area contributed by atoms with Gasteiger partial charge in [-0.15, -0.1) is 0 Å². The van der Waals surface area contributed by atoms with Crippen LogP contribution in [0, 0.1) is 10.1 Å². The van der Waals surface area contributed by atoms with Gasteiger partial charge in [-0.3, -0.25) is 10.1 Å². The van der Waals surface area contributed by atoms with Crippen LogP contribution in [0.1, 0.15) is 11.1 Å². The van der Waals surface area contributed by atoms with E-state index in [0.717, 1.165) is 5.41 Å². The molecule has 2 aromatic rings. The number of methoxy groups -OCH3 is 2. The number of rotatable bonds is 7. The van der Waals surface area contributed by atoms with Crippen LogP contribution in [0.25, 0.3) is 6.08 Å². The lowest BCUT2D eigenvalue weighted by Gasteiger charge is -2.04. The molecule has 0 unspecified atom stereocenters. The quantitative estimate of drug-likeness (QED) is 0.554. The third-order valence-corrected chi connectivity index (χ3v) is 4.68. The molecular weight excluding hydrogens is 346 g/mol. The number of hydrogen-bond acceptors (Lipinski definition) is 6. The molecule has 0 spiro atoms. The van der Waals surface area contributed by atoms with Gasteiger partial charge in [-0.2, -0.15) is 0 Å². The molecule has 2 rings (SSSR count). The zero-order valence-corrected chi connectivity index (χ0v) is 14.5. The average molecular weight is 363 g/mol. The van der Waals surface area contributed by atoms with E-state index in [1.807, 2.05) is 0 Å². The van der Waals surface area contributed by atoms with E-state index >= 15 is 0 Å². The second-order valence-corrected chi connectivity index (χ2v) is 7.03. The number of hydrogen-bond donors (Lipinski definition) is 0. The topological polar surface area (TPSA) is 95.7 Å². The standard InChI is InChI=1S/C17H17NO6S/c1-23-15-6-3-13(4-7-15)9-10-25(21,22)12-14-5-8-17(24-2)16(11-14)18(19)20/h3-11H,12H2,1-2H3/b10-9+. The molecular formula is C17H17NO6S. The first-order valence-corrected chi connectivity index (χ1v) is 8.92. The first kappa shape index (κ1) is 18.5. The minimum Gasteiger partial charge on any atom is -0.497 e. The molecule has 0 N–H and O–H groups in total. The molecule has 0 aliphatic heterocycles. The molecule has 0 aromatic heterocycles. The van der Waals surface area contributed by atoms with Gasteiger partial charge in [-0.25, -0.2) is 8.42 Å². The maximum absolute atomic E-state index is 12.2. The summed E-state index contributed by atoms with van der Waals surface area (Å²) in [4.78, 5) is 10.4. The Morgan fingerprint density at radius 3 is 2.32 bits per heavy atom. The lowest BCUT2D eigenvalue weighted by molar-refractivity contribution is -0.385. The van der Waals surface area contributed by atoms with Gasteiger partial charge >= 0.3 is 5.69 Å². The summed E-state index contributed by atoms with van der Waals surface area (Å²) >= 11 is 0.